The molecular formula is C39H51N3O6. The van der Waals surface area contributed by atoms with Gasteiger partial charge in [0.25, 0.3) is 5.91 Å². The van der Waals surface area contributed by atoms with Gasteiger partial charge in [0, 0.05) is 24.5 Å². The Morgan fingerprint density at radius 2 is 1.67 bits per heavy atom. The molecule has 258 valence electrons. The zero-order chi connectivity index (χ0) is 35.1. The quantitative estimate of drug-likeness (QED) is 0.287. The fraction of sp³-hybridized carbons (Fsp3) is 0.513. The lowest BCUT2D eigenvalue weighted by molar-refractivity contribution is -0.150. The Hall–Kier alpha value is -3.95. The minimum atomic E-state index is -1.28. The minimum Gasteiger partial charge on any atom is -0.494 e. The van der Waals surface area contributed by atoms with Crippen LogP contribution >= 0.6 is 0 Å². The van der Waals surface area contributed by atoms with Crippen LogP contribution in [0.3, 0.4) is 0 Å². The number of hydrogen-bond donors (Lipinski definition) is 1. The molecule has 3 amide bonds. The highest BCUT2D eigenvalue weighted by atomic mass is 16.5. The first kappa shape index (κ1) is 35.4. The fourth-order valence-electron chi connectivity index (χ4n) is 8.62. The Morgan fingerprint density at radius 3 is 2.21 bits per heavy atom. The second-order valence-electron chi connectivity index (χ2n) is 14.1. The van der Waals surface area contributed by atoms with Crippen molar-refractivity contribution in [2.24, 2.45) is 23.7 Å². The number of amides is 3. The number of aryl methyl sites for hydroxylation is 2. The third kappa shape index (κ3) is 5.45. The summed E-state index contributed by atoms with van der Waals surface area (Å²) in [7, 11) is 0. The van der Waals surface area contributed by atoms with Gasteiger partial charge < -0.3 is 29.3 Å². The highest BCUT2D eigenvalue weighted by Crippen LogP contribution is 2.66. The molecule has 0 aromatic heterocycles. The number of hydrogen-bond acceptors (Lipinski definition) is 6. The third-order valence-corrected chi connectivity index (χ3v) is 10.9. The van der Waals surface area contributed by atoms with Crippen LogP contribution in [-0.4, -0.2) is 77.3 Å². The number of rotatable bonds is 13. The number of para-hydroxylation sites is 1. The van der Waals surface area contributed by atoms with Crippen molar-refractivity contribution in [1.82, 2.24) is 4.90 Å². The number of aliphatic hydroxyl groups is 1. The van der Waals surface area contributed by atoms with E-state index in [2.05, 4.69) is 13.2 Å². The molecular weight excluding hydrogens is 606 g/mol. The molecule has 48 heavy (non-hydrogen) atoms. The monoisotopic (exact) mass is 657 g/mol. The molecule has 2 aromatic rings. The minimum absolute atomic E-state index is 0.142. The van der Waals surface area contributed by atoms with Crippen molar-refractivity contribution < 1.29 is 29.0 Å². The van der Waals surface area contributed by atoms with Crippen molar-refractivity contribution in [2.75, 3.05) is 36.1 Å². The van der Waals surface area contributed by atoms with Crippen LogP contribution in [0, 0.1) is 37.5 Å². The Kier molecular flexibility index (Phi) is 9.96. The maximum absolute atomic E-state index is 15.2. The topological polar surface area (TPSA) is 99.6 Å². The van der Waals surface area contributed by atoms with Gasteiger partial charge in [0.15, 0.2) is 0 Å². The maximum Gasteiger partial charge on any atom is 0.253 e. The summed E-state index contributed by atoms with van der Waals surface area (Å²) >= 11 is 0. The molecule has 0 radical (unpaired) electrons. The van der Waals surface area contributed by atoms with Gasteiger partial charge in [-0.15, -0.1) is 13.2 Å². The molecule has 3 saturated heterocycles. The summed E-state index contributed by atoms with van der Waals surface area (Å²) in [6.45, 7) is 22.1. The maximum atomic E-state index is 15.2. The van der Waals surface area contributed by atoms with Crippen LogP contribution in [0.25, 0.3) is 0 Å². The van der Waals surface area contributed by atoms with Crippen molar-refractivity contribution in [2.45, 2.75) is 78.2 Å². The molecule has 7 atom stereocenters. The van der Waals surface area contributed by atoms with Gasteiger partial charge in [-0.05, 0) is 81.3 Å². The predicted octanol–water partition coefficient (Wildman–Crippen LogP) is 5.47. The van der Waals surface area contributed by atoms with Crippen molar-refractivity contribution >= 4 is 29.1 Å². The summed E-state index contributed by atoms with van der Waals surface area (Å²) in [5, 5.41) is 10.7. The summed E-state index contributed by atoms with van der Waals surface area (Å²) in [4.78, 5) is 50.0. The summed E-state index contributed by atoms with van der Waals surface area (Å²) in [5.74, 6) is -2.32. The highest BCUT2D eigenvalue weighted by Gasteiger charge is 2.80. The van der Waals surface area contributed by atoms with Crippen LogP contribution in [0.15, 0.2) is 67.8 Å². The average molecular weight is 658 g/mol. The average Bonchev–Trinajstić information content (AvgIpc) is 3.56. The lowest BCUT2D eigenvalue weighted by Gasteiger charge is -2.41. The van der Waals surface area contributed by atoms with E-state index in [1.54, 1.807) is 26.9 Å². The molecule has 3 heterocycles. The molecule has 5 rings (SSSR count). The highest BCUT2D eigenvalue weighted by molar-refractivity contribution is 6.07. The zero-order valence-corrected chi connectivity index (χ0v) is 29.4. The first-order chi connectivity index (χ1) is 22.8. The van der Waals surface area contributed by atoms with Gasteiger partial charge >= 0.3 is 0 Å². The fourth-order valence-corrected chi connectivity index (χ4v) is 8.62. The number of carbonyl (C=O) groups is 3. The van der Waals surface area contributed by atoms with Gasteiger partial charge in [-0.3, -0.25) is 14.4 Å². The Labute approximate surface area is 285 Å². The molecule has 0 saturated carbocycles. The van der Waals surface area contributed by atoms with E-state index < -0.39 is 35.1 Å². The van der Waals surface area contributed by atoms with Crippen molar-refractivity contribution in [1.29, 1.82) is 0 Å². The SMILES string of the molecule is C=CCN(C(=O)[C@@H]1[C@H]2C(=O)N([C@@H](CO)C(C)C)C(C(=O)N(CC=C)c3c(C)cccc3C)C23CC(C)[C@@]1(C)O3)c1ccc(OCC)cc1. The number of nitrogens with zero attached hydrogens (tertiary/aromatic N) is 3. The third-order valence-electron chi connectivity index (χ3n) is 10.9. The first-order valence-electron chi connectivity index (χ1n) is 17.1. The van der Waals surface area contributed by atoms with Gasteiger partial charge in [-0.2, -0.15) is 0 Å². The van der Waals surface area contributed by atoms with E-state index >= 15 is 4.79 Å². The first-order valence-corrected chi connectivity index (χ1v) is 17.1. The van der Waals surface area contributed by atoms with E-state index in [0.29, 0.717) is 24.5 Å². The summed E-state index contributed by atoms with van der Waals surface area (Å²) in [6, 6.07) is 11.4. The van der Waals surface area contributed by atoms with Crippen LogP contribution < -0.4 is 14.5 Å². The lowest BCUT2D eigenvalue weighted by Crippen LogP contribution is -2.60. The Morgan fingerprint density at radius 1 is 1.06 bits per heavy atom. The van der Waals surface area contributed by atoms with Crippen molar-refractivity contribution in [3.05, 3.63) is 78.9 Å². The molecule has 2 aromatic carbocycles. The molecule has 9 nitrogen and oxygen atoms in total. The van der Waals surface area contributed by atoms with Crippen LogP contribution in [0.2, 0.25) is 0 Å². The molecule has 3 aliphatic heterocycles. The van der Waals surface area contributed by atoms with E-state index in [1.165, 1.54) is 0 Å². The van der Waals surface area contributed by atoms with E-state index in [-0.39, 0.29) is 49.3 Å². The largest absolute Gasteiger partial charge is 0.494 e. The molecule has 3 unspecified atom stereocenters. The molecule has 9 heteroatoms. The van der Waals surface area contributed by atoms with Gasteiger partial charge in [0.05, 0.1) is 36.7 Å². The molecule has 3 fully saturated rings. The number of likely N-dealkylation sites (tertiary alicyclic amines) is 1. The predicted molar refractivity (Wildman–Crippen MR) is 188 cm³/mol. The van der Waals surface area contributed by atoms with E-state index in [4.69, 9.17) is 9.47 Å². The van der Waals surface area contributed by atoms with Crippen molar-refractivity contribution in [3.8, 4) is 5.75 Å². The van der Waals surface area contributed by atoms with Crippen LogP contribution in [0.5, 0.6) is 5.75 Å². The van der Waals surface area contributed by atoms with E-state index in [0.717, 1.165) is 16.8 Å². The van der Waals surface area contributed by atoms with Crippen LogP contribution in [0.4, 0.5) is 11.4 Å². The van der Waals surface area contributed by atoms with Gasteiger partial charge in [-0.1, -0.05) is 51.1 Å². The number of carbonyl (C=O) groups excluding carboxylic acids is 3. The van der Waals surface area contributed by atoms with Gasteiger partial charge in [0.1, 0.15) is 17.4 Å². The molecule has 1 N–H and O–H groups in total. The number of fused-ring (bicyclic) bond motifs is 1. The molecule has 1 spiro atoms. The molecule has 2 bridgehead atoms. The Balaban J connectivity index is 1.67. The number of aliphatic hydroxyl groups excluding tert-OH is 1. The van der Waals surface area contributed by atoms with Crippen LogP contribution in [0.1, 0.15) is 52.2 Å². The molecule has 3 aliphatic rings. The van der Waals surface area contributed by atoms with Gasteiger partial charge in [0.2, 0.25) is 11.8 Å². The van der Waals surface area contributed by atoms with Crippen LogP contribution in [-0.2, 0) is 19.1 Å². The second-order valence-corrected chi connectivity index (χ2v) is 14.1. The summed E-state index contributed by atoms with van der Waals surface area (Å²) in [5.41, 5.74) is 0.942. The normalized spacial score (nSPS) is 27.9. The van der Waals surface area contributed by atoms with E-state index in [9.17, 15) is 14.7 Å². The summed E-state index contributed by atoms with van der Waals surface area (Å²) < 4.78 is 12.7. The standard InChI is InChI=1S/C39H51N3O6/c1-10-20-40(28-16-18-29(19-17-28)47-12-3)35(44)31-32-36(45)42(30(23-43)24(4)5)34(39(32)22-27(8)38(31,9)48-39)37(46)41(21-11-2)33-25(6)14-13-15-26(33)7/h10-11,13-19,24,27,30-32,34,43H,1-2,12,20-23H2,3-9H3/t27?,30-,31-,32-,34?,38+,39?/m0/s1. The van der Waals surface area contributed by atoms with Gasteiger partial charge in [-0.25, -0.2) is 0 Å². The second kappa shape index (κ2) is 13.5. The number of benzene rings is 2. The number of anilines is 2. The Bertz CT molecular complexity index is 1550. The van der Waals surface area contributed by atoms with Crippen molar-refractivity contribution in [3.63, 3.8) is 0 Å². The lowest BCUT2D eigenvalue weighted by atomic mass is 9.62. The zero-order valence-electron chi connectivity index (χ0n) is 29.4. The number of ether oxygens (including phenoxy) is 2. The molecule has 0 aliphatic carbocycles. The van der Waals surface area contributed by atoms with E-state index in [1.807, 2.05) is 90.9 Å². The smallest absolute Gasteiger partial charge is 0.253 e. The summed E-state index contributed by atoms with van der Waals surface area (Å²) in [6.07, 6.45) is 3.77.